The Morgan fingerprint density at radius 1 is 1.26 bits per heavy atom. The molecule has 0 N–H and O–H groups in total. The Morgan fingerprint density at radius 3 is 2.83 bits per heavy atom. The highest BCUT2D eigenvalue weighted by atomic mass is 16.5. The van der Waals surface area contributed by atoms with Crippen LogP contribution in [0.4, 0.5) is 0 Å². The van der Waals surface area contributed by atoms with Gasteiger partial charge in [-0.3, -0.25) is 4.90 Å². The van der Waals surface area contributed by atoms with Gasteiger partial charge in [-0.1, -0.05) is 12.1 Å². The van der Waals surface area contributed by atoms with Crippen LogP contribution in [-0.4, -0.2) is 41.8 Å². The van der Waals surface area contributed by atoms with Crippen molar-refractivity contribution < 1.29 is 9.47 Å². The van der Waals surface area contributed by atoms with Crippen molar-refractivity contribution in [1.29, 1.82) is 0 Å². The Morgan fingerprint density at radius 2 is 2.09 bits per heavy atom. The van der Waals surface area contributed by atoms with Gasteiger partial charge in [0.05, 0.1) is 12.2 Å². The van der Waals surface area contributed by atoms with Gasteiger partial charge in [-0.25, -0.2) is 0 Å². The summed E-state index contributed by atoms with van der Waals surface area (Å²) in [7, 11) is 0. The maximum Gasteiger partial charge on any atom is 0.119 e. The molecule has 2 aliphatic heterocycles. The van der Waals surface area contributed by atoms with E-state index in [-0.39, 0.29) is 11.1 Å². The van der Waals surface area contributed by atoms with E-state index in [0.29, 0.717) is 6.04 Å². The fraction of sp³-hybridized carbons (Fsp3) is 0.700. The van der Waals surface area contributed by atoms with Crippen LogP contribution in [-0.2, 0) is 4.74 Å². The number of hydrogen-bond donors (Lipinski definition) is 0. The van der Waals surface area contributed by atoms with E-state index in [1.165, 1.54) is 37.8 Å². The summed E-state index contributed by atoms with van der Waals surface area (Å²) in [5.41, 5.74) is 1.45. The highest BCUT2D eigenvalue weighted by Crippen LogP contribution is 2.43. The maximum absolute atomic E-state index is 6.16. The minimum Gasteiger partial charge on any atom is -0.492 e. The van der Waals surface area contributed by atoms with E-state index < -0.39 is 0 Å². The summed E-state index contributed by atoms with van der Waals surface area (Å²) in [6, 6.07) is 8.88. The molecule has 2 fully saturated rings. The topological polar surface area (TPSA) is 21.7 Å². The van der Waals surface area contributed by atoms with Crippen LogP contribution in [0.3, 0.4) is 0 Å². The van der Waals surface area contributed by atoms with Gasteiger partial charge >= 0.3 is 0 Å². The van der Waals surface area contributed by atoms with E-state index in [9.17, 15) is 0 Å². The first-order valence-electron chi connectivity index (χ1n) is 8.98. The summed E-state index contributed by atoms with van der Waals surface area (Å²) in [5.74, 6) is 0.993. The maximum atomic E-state index is 6.16. The molecular weight excluding hydrogens is 286 g/mol. The van der Waals surface area contributed by atoms with E-state index in [2.05, 4.69) is 56.9 Å². The minimum absolute atomic E-state index is 0.0564. The van der Waals surface area contributed by atoms with Crippen molar-refractivity contribution in [2.24, 2.45) is 0 Å². The number of fused-ring (bicyclic) bond motifs is 1. The molecule has 0 aliphatic carbocycles. The molecule has 0 bridgehead atoms. The van der Waals surface area contributed by atoms with E-state index in [1.54, 1.807) is 0 Å². The number of ether oxygens (including phenoxy) is 2. The monoisotopic (exact) mass is 317 g/mol. The van der Waals surface area contributed by atoms with Crippen molar-refractivity contribution in [2.45, 2.75) is 70.6 Å². The average molecular weight is 317 g/mol. The molecule has 2 saturated heterocycles. The molecule has 3 heteroatoms. The second-order valence-electron chi connectivity index (χ2n) is 8.24. The first-order valence-corrected chi connectivity index (χ1v) is 8.98. The third-order valence-electron chi connectivity index (χ3n) is 5.24. The van der Waals surface area contributed by atoms with E-state index >= 15 is 0 Å². The molecule has 1 aromatic rings. The van der Waals surface area contributed by atoms with Crippen LogP contribution in [0, 0.1) is 6.92 Å². The smallest absolute Gasteiger partial charge is 0.119 e. The van der Waals surface area contributed by atoms with Gasteiger partial charge in [0.1, 0.15) is 12.4 Å². The molecule has 2 atom stereocenters. The predicted molar refractivity (Wildman–Crippen MR) is 94.1 cm³/mol. The van der Waals surface area contributed by atoms with Crippen LogP contribution in [0.5, 0.6) is 5.75 Å². The molecule has 2 aliphatic rings. The van der Waals surface area contributed by atoms with Crippen molar-refractivity contribution in [3.05, 3.63) is 29.8 Å². The lowest BCUT2D eigenvalue weighted by Gasteiger charge is -2.37. The third-order valence-corrected chi connectivity index (χ3v) is 5.24. The van der Waals surface area contributed by atoms with Gasteiger partial charge in [-0.15, -0.1) is 0 Å². The second-order valence-corrected chi connectivity index (χ2v) is 8.24. The van der Waals surface area contributed by atoms with Crippen LogP contribution in [0.25, 0.3) is 0 Å². The number of rotatable bonds is 5. The van der Waals surface area contributed by atoms with Crippen LogP contribution in [0.15, 0.2) is 24.3 Å². The summed E-state index contributed by atoms with van der Waals surface area (Å²) < 4.78 is 12.2. The van der Waals surface area contributed by atoms with Crippen molar-refractivity contribution in [1.82, 2.24) is 4.90 Å². The van der Waals surface area contributed by atoms with E-state index in [0.717, 1.165) is 19.0 Å². The zero-order chi connectivity index (χ0) is 16.5. The zero-order valence-corrected chi connectivity index (χ0v) is 15.1. The summed E-state index contributed by atoms with van der Waals surface area (Å²) in [6.07, 6.45) is 5.02. The minimum atomic E-state index is -0.0564. The summed E-state index contributed by atoms with van der Waals surface area (Å²) >= 11 is 0. The first kappa shape index (κ1) is 16.8. The fourth-order valence-corrected chi connectivity index (χ4v) is 4.04. The lowest BCUT2D eigenvalue weighted by atomic mass is 9.95. The van der Waals surface area contributed by atoms with Crippen LogP contribution >= 0.6 is 0 Å². The van der Waals surface area contributed by atoms with Gasteiger partial charge in [0.15, 0.2) is 0 Å². The Bertz CT molecular complexity index is 537. The van der Waals surface area contributed by atoms with Crippen molar-refractivity contribution in [3.8, 4) is 5.75 Å². The quantitative estimate of drug-likeness (QED) is 0.813. The average Bonchev–Trinajstić information content (AvgIpc) is 3.02. The molecule has 0 amide bonds. The molecule has 0 unspecified atom stereocenters. The molecule has 128 valence electrons. The largest absolute Gasteiger partial charge is 0.492 e. The molecule has 0 saturated carbocycles. The normalized spacial score (nSPS) is 28.1. The molecule has 0 radical (unpaired) electrons. The third kappa shape index (κ3) is 3.89. The zero-order valence-electron chi connectivity index (χ0n) is 15.1. The SMILES string of the molecule is Cc1cccc(OC[C@@H]2CC[C@]3(COC(C)(C)C)CCCN23)c1. The van der Waals surface area contributed by atoms with Gasteiger partial charge in [0.25, 0.3) is 0 Å². The van der Waals surface area contributed by atoms with Crippen molar-refractivity contribution >= 4 is 0 Å². The first-order chi connectivity index (χ1) is 10.9. The number of hydrogen-bond acceptors (Lipinski definition) is 3. The van der Waals surface area contributed by atoms with Gasteiger partial charge in [-0.2, -0.15) is 0 Å². The Kier molecular flexibility index (Phi) is 4.70. The Labute approximate surface area is 141 Å². The molecule has 0 aromatic heterocycles. The fourth-order valence-electron chi connectivity index (χ4n) is 4.04. The standard InChI is InChI=1S/C20H31NO2/c1-16-7-5-8-18(13-16)22-14-17-9-11-20(10-6-12-21(17)20)15-23-19(2,3)4/h5,7-8,13,17H,6,9-12,14-15H2,1-4H3/t17-,20-/m0/s1. The molecule has 3 nitrogen and oxygen atoms in total. The summed E-state index contributed by atoms with van der Waals surface area (Å²) in [4.78, 5) is 2.68. The van der Waals surface area contributed by atoms with Gasteiger partial charge < -0.3 is 9.47 Å². The van der Waals surface area contributed by atoms with Gasteiger partial charge in [0.2, 0.25) is 0 Å². The van der Waals surface area contributed by atoms with Crippen LogP contribution < -0.4 is 4.74 Å². The highest BCUT2D eigenvalue weighted by molar-refractivity contribution is 5.27. The molecule has 0 spiro atoms. The highest BCUT2D eigenvalue weighted by Gasteiger charge is 2.49. The summed E-state index contributed by atoms with van der Waals surface area (Å²) in [6.45, 7) is 11.4. The van der Waals surface area contributed by atoms with Gasteiger partial charge in [-0.05, 0) is 77.6 Å². The van der Waals surface area contributed by atoms with Crippen LogP contribution in [0.2, 0.25) is 0 Å². The number of aryl methyl sites for hydroxylation is 1. The number of benzene rings is 1. The van der Waals surface area contributed by atoms with Crippen molar-refractivity contribution in [2.75, 3.05) is 19.8 Å². The molecule has 3 rings (SSSR count). The number of nitrogens with zero attached hydrogens (tertiary/aromatic N) is 1. The molecule has 1 aromatic carbocycles. The Hall–Kier alpha value is -1.06. The molecule has 2 heterocycles. The summed E-state index contributed by atoms with van der Waals surface area (Å²) in [5, 5.41) is 0. The lowest BCUT2D eigenvalue weighted by Crippen LogP contribution is -2.48. The Balaban J connectivity index is 1.60. The molecular formula is C20H31NO2. The van der Waals surface area contributed by atoms with E-state index in [4.69, 9.17) is 9.47 Å². The van der Waals surface area contributed by atoms with Gasteiger partial charge in [0, 0.05) is 11.6 Å². The predicted octanol–water partition coefficient (Wildman–Crippen LogP) is 4.19. The molecule has 23 heavy (non-hydrogen) atoms. The van der Waals surface area contributed by atoms with Crippen molar-refractivity contribution in [3.63, 3.8) is 0 Å². The second kappa shape index (κ2) is 6.45. The van der Waals surface area contributed by atoms with E-state index in [1.807, 2.05) is 0 Å². The van der Waals surface area contributed by atoms with Crippen LogP contribution in [0.1, 0.15) is 52.0 Å². The lowest BCUT2D eigenvalue weighted by molar-refractivity contribution is -0.0583.